The lowest BCUT2D eigenvalue weighted by atomic mass is 10.2. The van der Waals surface area contributed by atoms with Crippen molar-refractivity contribution in [2.45, 2.75) is 19.4 Å². The zero-order chi connectivity index (χ0) is 14.7. The number of benzene rings is 2. The Morgan fingerprint density at radius 1 is 0.905 bits per heavy atom. The van der Waals surface area contributed by atoms with Crippen LogP contribution in [-0.2, 0) is 6.54 Å². The zero-order valence-electron chi connectivity index (χ0n) is 11.9. The second-order valence-corrected chi connectivity index (χ2v) is 5.42. The van der Waals surface area contributed by atoms with E-state index in [0.717, 1.165) is 24.3 Å². The van der Waals surface area contributed by atoms with E-state index in [1.807, 2.05) is 0 Å². The molecule has 3 N–H and O–H groups in total. The summed E-state index contributed by atoms with van der Waals surface area (Å²) >= 11 is 0. The molecule has 0 saturated carbocycles. The van der Waals surface area contributed by atoms with Crippen LogP contribution >= 0.6 is 0 Å². The van der Waals surface area contributed by atoms with Gasteiger partial charge in [0.2, 0.25) is 0 Å². The quantitative estimate of drug-likeness (QED) is 0.754. The molecule has 4 heteroatoms. The van der Waals surface area contributed by atoms with Crippen LogP contribution in [0.3, 0.4) is 0 Å². The lowest BCUT2D eigenvalue weighted by Gasteiger charge is -2.18. The van der Waals surface area contributed by atoms with Crippen LogP contribution in [0.15, 0.2) is 42.5 Å². The van der Waals surface area contributed by atoms with E-state index in [1.54, 1.807) is 12.1 Å². The first-order valence-electron chi connectivity index (χ1n) is 7.32. The highest BCUT2D eigenvalue weighted by molar-refractivity contribution is 5.55. The van der Waals surface area contributed by atoms with Crippen LogP contribution in [0.1, 0.15) is 18.4 Å². The van der Waals surface area contributed by atoms with Crippen molar-refractivity contribution in [3.63, 3.8) is 0 Å². The molecule has 1 aliphatic heterocycles. The molecule has 2 aromatic rings. The molecule has 0 atom stereocenters. The third-order valence-electron chi connectivity index (χ3n) is 3.87. The topological polar surface area (TPSA) is 55.7 Å². The molecule has 2 aromatic carbocycles. The fourth-order valence-electron chi connectivity index (χ4n) is 2.65. The number of aromatic hydroxyl groups is 2. The maximum Gasteiger partial charge on any atom is 0.157 e. The summed E-state index contributed by atoms with van der Waals surface area (Å²) in [7, 11) is 0. The molecule has 0 amide bonds. The molecule has 0 bridgehead atoms. The average molecular weight is 284 g/mol. The van der Waals surface area contributed by atoms with E-state index in [-0.39, 0.29) is 11.5 Å². The van der Waals surface area contributed by atoms with Gasteiger partial charge in [0.15, 0.2) is 11.5 Å². The van der Waals surface area contributed by atoms with Crippen LogP contribution in [0, 0.1) is 0 Å². The van der Waals surface area contributed by atoms with Gasteiger partial charge in [0.1, 0.15) is 0 Å². The molecule has 1 saturated heterocycles. The first-order chi connectivity index (χ1) is 10.2. The van der Waals surface area contributed by atoms with E-state index < -0.39 is 0 Å². The molecule has 0 spiro atoms. The van der Waals surface area contributed by atoms with Gasteiger partial charge in [-0.1, -0.05) is 6.07 Å². The Kier molecular flexibility index (Phi) is 3.86. The minimum Gasteiger partial charge on any atom is -0.504 e. The van der Waals surface area contributed by atoms with Crippen molar-refractivity contribution in [2.75, 3.05) is 23.3 Å². The van der Waals surface area contributed by atoms with Gasteiger partial charge in [-0.2, -0.15) is 0 Å². The van der Waals surface area contributed by atoms with Gasteiger partial charge in [-0.05, 0) is 54.8 Å². The van der Waals surface area contributed by atoms with Gasteiger partial charge >= 0.3 is 0 Å². The van der Waals surface area contributed by atoms with Crippen LogP contribution in [-0.4, -0.2) is 23.3 Å². The normalized spacial score (nSPS) is 14.4. The number of hydrogen-bond donors (Lipinski definition) is 3. The van der Waals surface area contributed by atoms with Crippen molar-refractivity contribution in [3.8, 4) is 11.5 Å². The Hall–Kier alpha value is -2.36. The summed E-state index contributed by atoms with van der Waals surface area (Å²) < 4.78 is 0. The SMILES string of the molecule is Oc1ccc(CNc2ccc(N3CCCC3)cc2)cc1O. The summed E-state index contributed by atoms with van der Waals surface area (Å²) in [6.45, 7) is 2.91. The predicted molar refractivity (Wildman–Crippen MR) is 85.0 cm³/mol. The smallest absolute Gasteiger partial charge is 0.157 e. The predicted octanol–water partition coefficient (Wildman–Crippen LogP) is 3.31. The van der Waals surface area contributed by atoms with Crippen molar-refractivity contribution >= 4 is 11.4 Å². The van der Waals surface area contributed by atoms with Gasteiger partial charge in [-0.15, -0.1) is 0 Å². The number of nitrogens with one attached hydrogen (secondary N) is 1. The molecule has 0 unspecified atom stereocenters. The number of phenolic OH excluding ortho intramolecular Hbond substituents is 2. The number of anilines is 2. The van der Waals surface area contributed by atoms with Crippen molar-refractivity contribution < 1.29 is 10.2 Å². The van der Waals surface area contributed by atoms with Crippen molar-refractivity contribution in [1.29, 1.82) is 0 Å². The molecular formula is C17H20N2O2. The highest BCUT2D eigenvalue weighted by atomic mass is 16.3. The van der Waals surface area contributed by atoms with Gasteiger partial charge in [-0.3, -0.25) is 0 Å². The third-order valence-corrected chi connectivity index (χ3v) is 3.87. The highest BCUT2D eigenvalue weighted by Gasteiger charge is 2.11. The molecule has 1 heterocycles. The standard InChI is InChI=1S/C17H20N2O2/c20-16-8-3-13(11-17(16)21)12-18-14-4-6-15(7-5-14)19-9-1-2-10-19/h3-8,11,18,20-21H,1-2,9-10,12H2. The first-order valence-corrected chi connectivity index (χ1v) is 7.32. The molecule has 1 aliphatic rings. The highest BCUT2D eigenvalue weighted by Crippen LogP contribution is 2.26. The molecule has 3 rings (SSSR count). The van der Waals surface area contributed by atoms with Crippen LogP contribution in [0.25, 0.3) is 0 Å². The molecule has 21 heavy (non-hydrogen) atoms. The lowest BCUT2D eigenvalue weighted by Crippen LogP contribution is -2.17. The number of hydrogen-bond acceptors (Lipinski definition) is 4. The van der Waals surface area contributed by atoms with Gasteiger partial charge < -0.3 is 20.4 Å². The average Bonchev–Trinajstić information content (AvgIpc) is 3.03. The summed E-state index contributed by atoms with van der Waals surface area (Å²) in [6, 6.07) is 13.3. The van der Waals surface area contributed by atoms with Crippen molar-refractivity contribution in [2.24, 2.45) is 0 Å². The van der Waals surface area contributed by atoms with Crippen LogP contribution < -0.4 is 10.2 Å². The van der Waals surface area contributed by atoms with E-state index in [2.05, 4.69) is 34.5 Å². The Morgan fingerprint density at radius 3 is 2.29 bits per heavy atom. The van der Waals surface area contributed by atoms with E-state index >= 15 is 0 Å². The van der Waals surface area contributed by atoms with E-state index in [0.29, 0.717) is 6.54 Å². The minimum absolute atomic E-state index is 0.0846. The van der Waals surface area contributed by atoms with Crippen LogP contribution in [0.2, 0.25) is 0 Å². The summed E-state index contributed by atoms with van der Waals surface area (Å²) in [5.74, 6) is -0.174. The van der Waals surface area contributed by atoms with Gasteiger partial charge in [-0.25, -0.2) is 0 Å². The van der Waals surface area contributed by atoms with Crippen molar-refractivity contribution in [3.05, 3.63) is 48.0 Å². The van der Waals surface area contributed by atoms with Gasteiger partial charge in [0.25, 0.3) is 0 Å². The molecule has 0 aliphatic carbocycles. The molecule has 4 nitrogen and oxygen atoms in total. The second kappa shape index (κ2) is 5.95. The van der Waals surface area contributed by atoms with Crippen molar-refractivity contribution in [1.82, 2.24) is 0 Å². The van der Waals surface area contributed by atoms with E-state index in [1.165, 1.54) is 24.6 Å². The lowest BCUT2D eigenvalue weighted by molar-refractivity contribution is 0.403. The summed E-state index contributed by atoms with van der Waals surface area (Å²) in [5.41, 5.74) is 3.25. The number of rotatable bonds is 4. The fraction of sp³-hybridized carbons (Fsp3) is 0.294. The molecule has 0 aromatic heterocycles. The van der Waals surface area contributed by atoms with E-state index in [9.17, 15) is 10.2 Å². The Balaban J connectivity index is 1.61. The second-order valence-electron chi connectivity index (χ2n) is 5.42. The number of phenols is 2. The Labute approximate surface area is 124 Å². The maximum absolute atomic E-state index is 9.47. The van der Waals surface area contributed by atoms with Crippen LogP contribution in [0.5, 0.6) is 11.5 Å². The van der Waals surface area contributed by atoms with E-state index in [4.69, 9.17) is 0 Å². The van der Waals surface area contributed by atoms with Gasteiger partial charge in [0.05, 0.1) is 0 Å². The Morgan fingerprint density at radius 2 is 1.62 bits per heavy atom. The third kappa shape index (κ3) is 3.21. The Bertz CT molecular complexity index is 605. The molecular weight excluding hydrogens is 264 g/mol. The first kappa shape index (κ1) is 13.6. The summed E-state index contributed by atoms with van der Waals surface area (Å²) in [5, 5.41) is 22.1. The molecule has 110 valence electrons. The monoisotopic (exact) mass is 284 g/mol. The van der Waals surface area contributed by atoms with Crippen LogP contribution in [0.4, 0.5) is 11.4 Å². The molecule has 0 radical (unpaired) electrons. The summed E-state index contributed by atoms with van der Waals surface area (Å²) in [4.78, 5) is 2.40. The number of nitrogens with zero attached hydrogens (tertiary/aromatic N) is 1. The minimum atomic E-state index is -0.0892. The summed E-state index contributed by atoms with van der Waals surface area (Å²) in [6.07, 6.45) is 2.56. The molecule has 1 fully saturated rings. The maximum atomic E-state index is 9.47. The fourth-order valence-corrected chi connectivity index (χ4v) is 2.65. The van der Waals surface area contributed by atoms with Gasteiger partial charge in [0, 0.05) is 31.0 Å². The zero-order valence-corrected chi connectivity index (χ0v) is 11.9. The largest absolute Gasteiger partial charge is 0.504 e.